The molecule has 1 aromatic rings. The molecule has 0 bridgehead atoms. The maximum atomic E-state index is 12.3. The molecule has 1 atom stereocenters. The molecule has 1 aromatic carbocycles. The van der Waals surface area contributed by atoms with Gasteiger partial charge in [0.05, 0.1) is 13.2 Å². The number of carbonyl (C=O) groups is 1. The molecule has 0 saturated carbocycles. The lowest BCUT2D eigenvalue weighted by molar-refractivity contribution is 0.0925. The van der Waals surface area contributed by atoms with Crippen LogP contribution in [-0.4, -0.2) is 17.3 Å². The minimum Gasteiger partial charge on any atom is -0.372 e. The molecule has 3 nitrogen and oxygen atoms in total. The predicted molar refractivity (Wildman–Crippen MR) is 79.4 cm³/mol. The highest BCUT2D eigenvalue weighted by atomic mass is 79.9. The van der Waals surface area contributed by atoms with Gasteiger partial charge in [0.1, 0.15) is 0 Å². The fraction of sp³-hybridized carbons (Fsp3) is 0.533. The van der Waals surface area contributed by atoms with Crippen LogP contribution in [0, 0.1) is 5.92 Å². The standard InChI is InChI=1S/C15H20BrNO2/c1-10(2)14(5-6-16)17-15(18)11-3-4-12-8-19-9-13(12)7-11/h3-4,7,10,14H,5-6,8-9H2,1-2H3,(H,17,18). The van der Waals surface area contributed by atoms with Gasteiger partial charge in [-0.05, 0) is 35.6 Å². The van der Waals surface area contributed by atoms with Gasteiger partial charge in [-0.25, -0.2) is 0 Å². The van der Waals surface area contributed by atoms with Crippen LogP contribution in [0.25, 0.3) is 0 Å². The molecular formula is C15H20BrNO2. The summed E-state index contributed by atoms with van der Waals surface area (Å²) < 4.78 is 5.37. The summed E-state index contributed by atoms with van der Waals surface area (Å²) in [5, 5.41) is 4.01. The van der Waals surface area contributed by atoms with E-state index in [1.165, 1.54) is 5.56 Å². The Labute approximate surface area is 122 Å². The van der Waals surface area contributed by atoms with Crippen LogP contribution in [0.2, 0.25) is 0 Å². The molecule has 4 heteroatoms. The average molecular weight is 326 g/mol. The van der Waals surface area contributed by atoms with E-state index in [0.717, 1.165) is 22.9 Å². The van der Waals surface area contributed by atoms with Gasteiger partial charge in [-0.3, -0.25) is 4.79 Å². The normalized spacial score (nSPS) is 15.4. The minimum atomic E-state index is 0.00866. The quantitative estimate of drug-likeness (QED) is 0.844. The Balaban J connectivity index is 2.07. The van der Waals surface area contributed by atoms with Crippen LogP contribution >= 0.6 is 15.9 Å². The molecule has 1 heterocycles. The summed E-state index contributed by atoms with van der Waals surface area (Å²) in [6, 6.07) is 6.03. The summed E-state index contributed by atoms with van der Waals surface area (Å²) in [7, 11) is 0. The molecule has 19 heavy (non-hydrogen) atoms. The Morgan fingerprint density at radius 2 is 2.11 bits per heavy atom. The number of hydrogen-bond acceptors (Lipinski definition) is 2. The zero-order valence-electron chi connectivity index (χ0n) is 11.4. The average Bonchev–Trinajstić information content (AvgIpc) is 2.85. The van der Waals surface area contributed by atoms with Gasteiger partial charge in [0.2, 0.25) is 0 Å². The third kappa shape index (κ3) is 3.57. The van der Waals surface area contributed by atoms with E-state index in [4.69, 9.17) is 4.74 Å². The SMILES string of the molecule is CC(C)C(CCBr)NC(=O)c1ccc2c(c1)COC2. The third-order valence-electron chi connectivity index (χ3n) is 3.52. The smallest absolute Gasteiger partial charge is 0.251 e. The fourth-order valence-electron chi connectivity index (χ4n) is 2.25. The molecule has 104 valence electrons. The van der Waals surface area contributed by atoms with Crippen LogP contribution in [0.5, 0.6) is 0 Å². The van der Waals surface area contributed by atoms with Crippen molar-refractivity contribution in [3.63, 3.8) is 0 Å². The van der Waals surface area contributed by atoms with E-state index < -0.39 is 0 Å². The Morgan fingerprint density at radius 1 is 1.37 bits per heavy atom. The minimum absolute atomic E-state index is 0.00866. The number of hydrogen-bond donors (Lipinski definition) is 1. The largest absolute Gasteiger partial charge is 0.372 e. The molecule has 1 N–H and O–H groups in total. The highest BCUT2D eigenvalue weighted by Gasteiger charge is 2.18. The Morgan fingerprint density at radius 3 is 2.79 bits per heavy atom. The van der Waals surface area contributed by atoms with Crippen molar-refractivity contribution in [2.45, 2.75) is 39.5 Å². The van der Waals surface area contributed by atoms with Crippen LogP contribution < -0.4 is 5.32 Å². The van der Waals surface area contributed by atoms with Crippen molar-refractivity contribution in [2.75, 3.05) is 5.33 Å². The number of nitrogens with one attached hydrogen (secondary N) is 1. The molecule has 0 aromatic heterocycles. The van der Waals surface area contributed by atoms with Crippen molar-refractivity contribution in [1.29, 1.82) is 0 Å². The summed E-state index contributed by atoms with van der Waals surface area (Å²) in [4.78, 5) is 12.3. The van der Waals surface area contributed by atoms with Crippen LogP contribution in [0.3, 0.4) is 0 Å². The summed E-state index contributed by atoms with van der Waals surface area (Å²) in [5.74, 6) is 0.439. The second-order valence-corrected chi connectivity index (χ2v) is 6.07. The highest BCUT2D eigenvalue weighted by Crippen LogP contribution is 2.21. The first kappa shape index (κ1) is 14.5. The lowest BCUT2D eigenvalue weighted by Crippen LogP contribution is -2.38. The molecule has 1 aliphatic heterocycles. The first-order chi connectivity index (χ1) is 9.11. The van der Waals surface area contributed by atoms with Crippen LogP contribution in [0.1, 0.15) is 41.8 Å². The zero-order chi connectivity index (χ0) is 13.8. The van der Waals surface area contributed by atoms with Crippen molar-refractivity contribution in [1.82, 2.24) is 5.32 Å². The molecule has 0 aliphatic carbocycles. The van der Waals surface area contributed by atoms with E-state index in [2.05, 4.69) is 35.1 Å². The van der Waals surface area contributed by atoms with Crippen LogP contribution in [-0.2, 0) is 18.0 Å². The number of benzene rings is 1. The molecule has 1 aliphatic rings. The first-order valence-corrected chi connectivity index (χ1v) is 7.80. The number of rotatable bonds is 5. The van der Waals surface area contributed by atoms with Crippen LogP contribution in [0.4, 0.5) is 0 Å². The van der Waals surface area contributed by atoms with Crippen molar-refractivity contribution in [3.8, 4) is 0 Å². The van der Waals surface area contributed by atoms with E-state index in [1.807, 2.05) is 18.2 Å². The van der Waals surface area contributed by atoms with Crippen LogP contribution in [0.15, 0.2) is 18.2 Å². The number of ether oxygens (including phenoxy) is 1. The Bertz CT molecular complexity index is 459. The van der Waals surface area contributed by atoms with Crippen molar-refractivity contribution in [2.24, 2.45) is 5.92 Å². The second kappa shape index (κ2) is 6.53. The van der Waals surface area contributed by atoms with E-state index >= 15 is 0 Å². The van der Waals surface area contributed by atoms with Gasteiger partial charge in [0.25, 0.3) is 5.91 Å². The molecule has 1 unspecified atom stereocenters. The van der Waals surface area contributed by atoms with Crippen molar-refractivity contribution >= 4 is 21.8 Å². The lowest BCUT2D eigenvalue weighted by atomic mass is 10.0. The summed E-state index contributed by atoms with van der Waals surface area (Å²) >= 11 is 3.44. The highest BCUT2D eigenvalue weighted by molar-refractivity contribution is 9.09. The molecule has 0 saturated heterocycles. The molecule has 0 fully saturated rings. The van der Waals surface area contributed by atoms with Gasteiger partial charge in [-0.1, -0.05) is 35.8 Å². The Kier molecular flexibility index (Phi) is 4.99. The van der Waals surface area contributed by atoms with E-state index in [1.54, 1.807) is 0 Å². The number of halogens is 1. The maximum Gasteiger partial charge on any atom is 0.251 e. The second-order valence-electron chi connectivity index (χ2n) is 5.28. The van der Waals surface area contributed by atoms with Gasteiger partial charge < -0.3 is 10.1 Å². The number of amides is 1. The van der Waals surface area contributed by atoms with Gasteiger partial charge in [0.15, 0.2) is 0 Å². The summed E-state index contributed by atoms with van der Waals surface area (Å²) in [6.45, 7) is 5.54. The van der Waals surface area contributed by atoms with Gasteiger partial charge in [-0.15, -0.1) is 0 Å². The van der Waals surface area contributed by atoms with Gasteiger partial charge >= 0.3 is 0 Å². The fourth-order valence-corrected chi connectivity index (χ4v) is 2.75. The first-order valence-electron chi connectivity index (χ1n) is 6.68. The Hall–Kier alpha value is -0.870. The molecule has 1 amide bonds. The molecule has 2 rings (SSSR count). The van der Waals surface area contributed by atoms with Gasteiger partial charge in [0, 0.05) is 16.9 Å². The topological polar surface area (TPSA) is 38.3 Å². The van der Waals surface area contributed by atoms with Gasteiger partial charge in [-0.2, -0.15) is 0 Å². The molecule has 0 radical (unpaired) electrons. The predicted octanol–water partition coefficient (Wildman–Crippen LogP) is 3.26. The van der Waals surface area contributed by atoms with Crippen molar-refractivity contribution in [3.05, 3.63) is 34.9 Å². The number of fused-ring (bicyclic) bond motifs is 1. The number of alkyl halides is 1. The summed E-state index contributed by atoms with van der Waals surface area (Å²) in [5.41, 5.74) is 3.05. The molecule has 0 spiro atoms. The maximum absolute atomic E-state index is 12.3. The van der Waals surface area contributed by atoms with E-state index in [-0.39, 0.29) is 11.9 Å². The zero-order valence-corrected chi connectivity index (χ0v) is 13.0. The van der Waals surface area contributed by atoms with E-state index in [0.29, 0.717) is 19.1 Å². The third-order valence-corrected chi connectivity index (χ3v) is 3.98. The summed E-state index contributed by atoms with van der Waals surface area (Å²) in [6.07, 6.45) is 0.942. The number of carbonyl (C=O) groups excluding carboxylic acids is 1. The van der Waals surface area contributed by atoms with E-state index in [9.17, 15) is 4.79 Å². The monoisotopic (exact) mass is 325 g/mol. The molecular weight excluding hydrogens is 306 g/mol. The van der Waals surface area contributed by atoms with Crippen molar-refractivity contribution < 1.29 is 9.53 Å². The lowest BCUT2D eigenvalue weighted by Gasteiger charge is -2.21.